The number of carbonyl (C=O) groups is 2. The number of alkyl halides is 1. The Hall–Kier alpha value is -2.61. The average Bonchev–Trinajstić information content (AvgIpc) is 2.98. The molecule has 1 atom stereocenters. The maximum atomic E-state index is 15.0. The number of amides is 2. The summed E-state index contributed by atoms with van der Waals surface area (Å²) in [6, 6.07) is 6.49. The van der Waals surface area contributed by atoms with Crippen LogP contribution in [0.25, 0.3) is 0 Å². The lowest BCUT2D eigenvalue weighted by Crippen LogP contribution is -2.42. The highest BCUT2D eigenvalue weighted by Crippen LogP contribution is 2.43. The fourth-order valence-corrected chi connectivity index (χ4v) is 4.97. The second-order valence-corrected chi connectivity index (χ2v) is 9.26. The molecule has 0 saturated heterocycles. The molecule has 1 N–H and O–H groups in total. The van der Waals surface area contributed by atoms with E-state index in [4.69, 9.17) is 11.6 Å². The molecule has 2 aliphatic rings. The Labute approximate surface area is 193 Å². The number of halogens is 5. The number of para-hydroxylation sites is 1. The molecule has 1 fully saturated rings. The standard InChI is InChI=1S/C24H23ClF4N2O2/c1-12-19(26)17(18(25)21(28)20(12)27)22(32)30-14-9-7-13(8-10-14)11-31-16-6-4-3-5-15(16)24(2,29)23(31)33/h3-6,13-14H,7-11H2,1-2H3,(H,30,32). The van der Waals surface area contributed by atoms with E-state index >= 15 is 0 Å². The summed E-state index contributed by atoms with van der Waals surface area (Å²) >= 11 is 5.70. The van der Waals surface area contributed by atoms with Crippen LogP contribution in [0, 0.1) is 30.3 Å². The third-order valence-corrected chi connectivity index (χ3v) is 7.04. The molecule has 176 valence electrons. The van der Waals surface area contributed by atoms with Crippen LogP contribution in [0.4, 0.5) is 23.2 Å². The first-order valence-corrected chi connectivity index (χ1v) is 11.2. The molecule has 0 spiro atoms. The first kappa shape index (κ1) is 23.5. The summed E-state index contributed by atoms with van der Waals surface area (Å²) in [5, 5.41) is 1.76. The van der Waals surface area contributed by atoms with E-state index in [1.165, 1.54) is 11.8 Å². The molecule has 1 saturated carbocycles. The van der Waals surface area contributed by atoms with Gasteiger partial charge in [0.1, 0.15) is 5.82 Å². The Balaban J connectivity index is 1.40. The molecule has 2 amide bonds. The van der Waals surface area contributed by atoms with Gasteiger partial charge in [-0.1, -0.05) is 29.8 Å². The van der Waals surface area contributed by atoms with Gasteiger partial charge < -0.3 is 10.2 Å². The zero-order chi connectivity index (χ0) is 24.1. The number of nitrogens with zero attached hydrogens (tertiary/aromatic N) is 1. The molecule has 0 bridgehead atoms. The van der Waals surface area contributed by atoms with E-state index in [2.05, 4.69) is 5.32 Å². The number of benzene rings is 2. The van der Waals surface area contributed by atoms with Crippen LogP contribution in [0.2, 0.25) is 5.02 Å². The van der Waals surface area contributed by atoms with E-state index in [1.807, 2.05) is 0 Å². The van der Waals surface area contributed by atoms with Gasteiger partial charge in [-0.15, -0.1) is 0 Å². The molecule has 0 aromatic heterocycles. The second-order valence-electron chi connectivity index (χ2n) is 8.88. The number of nitrogens with one attached hydrogen (secondary N) is 1. The highest BCUT2D eigenvalue weighted by molar-refractivity contribution is 6.34. The van der Waals surface area contributed by atoms with Crippen molar-refractivity contribution in [1.82, 2.24) is 5.32 Å². The van der Waals surface area contributed by atoms with Crippen molar-refractivity contribution < 1.29 is 27.2 Å². The van der Waals surface area contributed by atoms with E-state index in [0.717, 1.165) is 6.92 Å². The van der Waals surface area contributed by atoms with Crippen LogP contribution in [-0.4, -0.2) is 24.4 Å². The number of rotatable bonds is 4. The Morgan fingerprint density at radius 2 is 1.76 bits per heavy atom. The van der Waals surface area contributed by atoms with Crippen LogP contribution in [0.5, 0.6) is 0 Å². The first-order valence-electron chi connectivity index (χ1n) is 10.8. The monoisotopic (exact) mass is 482 g/mol. The minimum atomic E-state index is -2.06. The molecule has 33 heavy (non-hydrogen) atoms. The number of hydrogen-bond acceptors (Lipinski definition) is 2. The van der Waals surface area contributed by atoms with Crippen molar-refractivity contribution in [2.75, 3.05) is 11.4 Å². The fraction of sp³-hybridized carbons (Fsp3) is 0.417. The molecule has 4 nitrogen and oxygen atoms in total. The number of carbonyl (C=O) groups excluding carboxylic acids is 2. The van der Waals surface area contributed by atoms with Crippen LogP contribution < -0.4 is 10.2 Å². The van der Waals surface area contributed by atoms with Gasteiger partial charge in [0.05, 0.1) is 16.3 Å². The highest BCUT2D eigenvalue weighted by Gasteiger charge is 2.48. The van der Waals surface area contributed by atoms with Gasteiger partial charge in [0.15, 0.2) is 11.6 Å². The zero-order valence-corrected chi connectivity index (χ0v) is 18.9. The molecular weight excluding hydrogens is 460 g/mol. The van der Waals surface area contributed by atoms with Crippen molar-refractivity contribution in [3.63, 3.8) is 0 Å². The van der Waals surface area contributed by atoms with Crippen molar-refractivity contribution in [2.45, 2.75) is 51.2 Å². The maximum Gasteiger partial charge on any atom is 0.269 e. The summed E-state index contributed by atoms with van der Waals surface area (Å²) in [5.41, 5.74) is -2.45. The Morgan fingerprint density at radius 1 is 1.12 bits per heavy atom. The van der Waals surface area contributed by atoms with E-state index < -0.39 is 51.1 Å². The SMILES string of the molecule is Cc1c(F)c(F)c(Cl)c(C(=O)NC2CCC(CN3C(=O)C(C)(F)c4ccccc43)CC2)c1F. The van der Waals surface area contributed by atoms with E-state index in [9.17, 15) is 27.2 Å². The summed E-state index contributed by atoms with van der Waals surface area (Å²) in [5.74, 6) is -5.46. The lowest BCUT2D eigenvalue weighted by Gasteiger charge is -2.32. The van der Waals surface area contributed by atoms with Crippen LogP contribution in [0.1, 0.15) is 54.1 Å². The molecule has 9 heteroatoms. The van der Waals surface area contributed by atoms with Crippen molar-refractivity contribution >= 4 is 29.1 Å². The van der Waals surface area contributed by atoms with Gasteiger partial charge in [-0.25, -0.2) is 17.6 Å². The summed E-state index contributed by atoms with van der Waals surface area (Å²) in [4.78, 5) is 26.7. The quantitative estimate of drug-likeness (QED) is 0.351. The molecule has 4 rings (SSSR count). The summed E-state index contributed by atoms with van der Waals surface area (Å²) in [6.07, 6.45) is 2.36. The number of hydrogen-bond donors (Lipinski definition) is 1. The molecule has 1 aliphatic carbocycles. The first-order chi connectivity index (χ1) is 15.5. The molecule has 1 aliphatic heterocycles. The van der Waals surface area contributed by atoms with E-state index in [1.54, 1.807) is 24.3 Å². The van der Waals surface area contributed by atoms with Crippen LogP contribution >= 0.6 is 11.6 Å². The topological polar surface area (TPSA) is 49.4 Å². The van der Waals surface area contributed by atoms with Gasteiger partial charge in [-0.05, 0) is 51.5 Å². The molecule has 1 heterocycles. The van der Waals surface area contributed by atoms with Crippen molar-refractivity contribution in [1.29, 1.82) is 0 Å². The Kier molecular flexibility index (Phi) is 6.16. The van der Waals surface area contributed by atoms with Gasteiger partial charge in [-0.3, -0.25) is 9.59 Å². The smallest absolute Gasteiger partial charge is 0.269 e. The summed E-state index contributed by atoms with van der Waals surface area (Å²) in [6.45, 7) is 2.66. The Morgan fingerprint density at radius 3 is 2.42 bits per heavy atom. The number of fused-ring (bicyclic) bond motifs is 1. The molecular formula is C24H23ClF4N2O2. The average molecular weight is 483 g/mol. The van der Waals surface area contributed by atoms with Gasteiger partial charge in [0.2, 0.25) is 5.67 Å². The molecule has 2 aromatic rings. The minimum absolute atomic E-state index is 0.0925. The Bertz CT molecular complexity index is 1100. The lowest BCUT2D eigenvalue weighted by molar-refractivity contribution is -0.128. The van der Waals surface area contributed by atoms with E-state index in [-0.39, 0.29) is 12.0 Å². The molecule has 2 aromatic carbocycles. The van der Waals surface area contributed by atoms with Crippen LogP contribution in [0.3, 0.4) is 0 Å². The maximum absolute atomic E-state index is 15.0. The van der Waals surface area contributed by atoms with Crippen LogP contribution in [-0.2, 0) is 10.5 Å². The third kappa shape index (κ3) is 3.98. The van der Waals surface area contributed by atoms with Gasteiger partial charge in [0.25, 0.3) is 11.8 Å². The second kappa shape index (κ2) is 8.63. The fourth-order valence-electron chi connectivity index (χ4n) is 4.72. The summed E-state index contributed by atoms with van der Waals surface area (Å²) in [7, 11) is 0. The predicted octanol–water partition coefficient (Wildman–Crippen LogP) is 5.59. The highest BCUT2D eigenvalue weighted by atomic mass is 35.5. The largest absolute Gasteiger partial charge is 0.349 e. The van der Waals surface area contributed by atoms with Crippen molar-refractivity contribution in [2.24, 2.45) is 5.92 Å². The van der Waals surface area contributed by atoms with Crippen molar-refractivity contribution in [3.8, 4) is 0 Å². The van der Waals surface area contributed by atoms with Gasteiger partial charge in [-0.2, -0.15) is 0 Å². The normalized spacial score (nSPS) is 24.7. The summed E-state index contributed by atoms with van der Waals surface area (Å²) < 4.78 is 56.9. The zero-order valence-electron chi connectivity index (χ0n) is 18.2. The minimum Gasteiger partial charge on any atom is -0.349 e. The predicted molar refractivity (Wildman–Crippen MR) is 117 cm³/mol. The van der Waals surface area contributed by atoms with Crippen LogP contribution in [0.15, 0.2) is 24.3 Å². The molecule has 1 unspecified atom stereocenters. The van der Waals surface area contributed by atoms with Gasteiger partial charge >= 0.3 is 0 Å². The number of anilines is 1. The third-order valence-electron chi connectivity index (χ3n) is 6.68. The van der Waals surface area contributed by atoms with E-state index in [0.29, 0.717) is 43.5 Å². The van der Waals surface area contributed by atoms with Crippen molar-refractivity contribution in [3.05, 3.63) is 63.4 Å². The lowest BCUT2D eigenvalue weighted by atomic mass is 9.85. The van der Waals surface area contributed by atoms with Gasteiger partial charge in [0, 0.05) is 23.7 Å². The molecule has 0 radical (unpaired) electrons.